The van der Waals surface area contributed by atoms with E-state index >= 15 is 0 Å². The zero-order valence-corrected chi connectivity index (χ0v) is 7.58. The minimum atomic E-state index is -2.77. The molecule has 80 valence electrons. The smallest absolute Gasteiger partial charge is 0.264 e. The van der Waals surface area contributed by atoms with Gasteiger partial charge in [0.2, 0.25) is 0 Å². The molecule has 14 heavy (non-hydrogen) atoms. The maximum Gasteiger partial charge on any atom is 0.519 e. The molecule has 0 aliphatic carbocycles. The van der Waals surface area contributed by atoms with E-state index in [9.17, 15) is 30.3 Å². The minimum absolute atomic E-state index is 0.272. The lowest BCUT2D eigenvalue weighted by atomic mass is 10.0. The van der Waals surface area contributed by atoms with Crippen molar-refractivity contribution in [1.29, 1.82) is 0 Å². The molecule has 0 spiro atoms. The van der Waals surface area contributed by atoms with Crippen LogP contribution in [0.2, 0.25) is 0 Å². The summed E-state index contributed by atoms with van der Waals surface area (Å²) in [5.74, 6) is 0. The fraction of sp³-hybridized carbons (Fsp3) is 1.00. The van der Waals surface area contributed by atoms with Crippen LogP contribution in [-0.4, -0.2) is 26.5 Å². The molecule has 0 bridgehead atoms. The summed E-state index contributed by atoms with van der Waals surface area (Å²) in [5, 5.41) is 31.2. The number of nitro groups is 3. The highest BCUT2D eigenvalue weighted by Gasteiger charge is 2.64. The van der Waals surface area contributed by atoms with E-state index < -0.39 is 26.5 Å². The third-order valence-electron chi connectivity index (χ3n) is 2.01. The van der Waals surface area contributed by atoms with Crippen molar-refractivity contribution >= 4 is 0 Å². The van der Waals surface area contributed by atoms with Crippen LogP contribution in [0.25, 0.3) is 0 Å². The van der Waals surface area contributed by atoms with Gasteiger partial charge in [0.25, 0.3) is 0 Å². The van der Waals surface area contributed by atoms with Crippen LogP contribution < -0.4 is 0 Å². The molecule has 0 saturated carbocycles. The third-order valence-corrected chi connectivity index (χ3v) is 2.01. The summed E-state index contributed by atoms with van der Waals surface area (Å²) in [7, 11) is 0. The summed E-state index contributed by atoms with van der Waals surface area (Å²) < 4.78 is 0. The van der Waals surface area contributed by atoms with Crippen molar-refractivity contribution in [3.05, 3.63) is 30.3 Å². The van der Waals surface area contributed by atoms with E-state index in [1.165, 1.54) is 6.92 Å². The van der Waals surface area contributed by atoms with Crippen molar-refractivity contribution in [3.63, 3.8) is 0 Å². The van der Waals surface area contributed by atoms with Crippen molar-refractivity contribution < 1.29 is 14.8 Å². The summed E-state index contributed by atoms with van der Waals surface area (Å²) >= 11 is 0. The number of hydrogen-bond acceptors (Lipinski definition) is 6. The molecule has 0 rings (SSSR count). The van der Waals surface area contributed by atoms with Gasteiger partial charge in [-0.05, 0) is 0 Å². The first-order valence-electron chi connectivity index (χ1n) is 3.70. The molecule has 0 heterocycles. The molecule has 1 atom stereocenters. The Morgan fingerprint density at radius 3 is 1.57 bits per heavy atom. The summed E-state index contributed by atoms with van der Waals surface area (Å²) in [6.07, 6.45) is -0.272. The largest absolute Gasteiger partial charge is 0.519 e. The van der Waals surface area contributed by atoms with E-state index in [0.717, 1.165) is 0 Å². The highest BCUT2D eigenvalue weighted by molar-refractivity contribution is 4.71. The second-order valence-electron chi connectivity index (χ2n) is 2.82. The van der Waals surface area contributed by atoms with Crippen molar-refractivity contribution in [3.8, 4) is 0 Å². The standard InChI is InChI=1S/C5H9N3O6/c1-3-4(6(9)10)5(2,7(11)12)8(13)14/h4H,3H2,1-2H3. The topological polar surface area (TPSA) is 129 Å². The van der Waals surface area contributed by atoms with Crippen molar-refractivity contribution in [2.75, 3.05) is 0 Å². The Morgan fingerprint density at radius 1 is 1.14 bits per heavy atom. The SMILES string of the molecule is CCC([N+](=O)[O-])C(C)([N+](=O)[O-])[N+](=O)[O-]. The summed E-state index contributed by atoms with van der Waals surface area (Å²) in [4.78, 5) is 27.8. The van der Waals surface area contributed by atoms with Gasteiger partial charge in [-0.2, -0.15) is 0 Å². The van der Waals surface area contributed by atoms with E-state index in [1.807, 2.05) is 0 Å². The van der Waals surface area contributed by atoms with Gasteiger partial charge >= 0.3 is 11.7 Å². The molecule has 0 radical (unpaired) electrons. The highest BCUT2D eigenvalue weighted by atomic mass is 16.7. The Labute approximate surface area is 78.2 Å². The summed E-state index contributed by atoms with van der Waals surface area (Å²) in [5.41, 5.74) is -2.77. The van der Waals surface area contributed by atoms with E-state index in [2.05, 4.69) is 0 Å². The van der Waals surface area contributed by atoms with Crippen LogP contribution in [0, 0.1) is 30.3 Å². The number of hydrogen-bond donors (Lipinski definition) is 0. The molecule has 0 amide bonds. The fourth-order valence-corrected chi connectivity index (χ4v) is 1.05. The molecular weight excluding hydrogens is 198 g/mol. The van der Waals surface area contributed by atoms with Crippen molar-refractivity contribution in [1.82, 2.24) is 0 Å². The molecule has 0 N–H and O–H groups in total. The first kappa shape index (κ1) is 12.2. The van der Waals surface area contributed by atoms with E-state index in [0.29, 0.717) is 6.92 Å². The lowest BCUT2D eigenvalue weighted by Gasteiger charge is -2.14. The van der Waals surface area contributed by atoms with Crippen molar-refractivity contribution in [2.45, 2.75) is 32.0 Å². The van der Waals surface area contributed by atoms with Crippen LogP contribution in [0.3, 0.4) is 0 Å². The molecule has 0 aromatic heterocycles. The zero-order valence-electron chi connectivity index (χ0n) is 7.58. The highest BCUT2D eigenvalue weighted by Crippen LogP contribution is 2.20. The quantitative estimate of drug-likeness (QED) is 0.362. The average Bonchev–Trinajstić information content (AvgIpc) is 2.03. The van der Waals surface area contributed by atoms with Crippen LogP contribution in [0.1, 0.15) is 20.3 Å². The second kappa shape index (κ2) is 3.94. The Morgan fingerprint density at radius 2 is 1.50 bits per heavy atom. The maximum absolute atomic E-state index is 10.4. The van der Waals surface area contributed by atoms with Gasteiger partial charge in [0, 0.05) is 11.3 Å². The summed E-state index contributed by atoms with van der Waals surface area (Å²) in [6, 6.07) is -1.83. The normalized spacial score (nSPS) is 13.3. The predicted molar refractivity (Wildman–Crippen MR) is 43.5 cm³/mol. The first-order valence-corrected chi connectivity index (χ1v) is 3.70. The molecule has 0 saturated heterocycles. The van der Waals surface area contributed by atoms with Gasteiger partial charge < -0.3 is 0 Å². The molecule has 1 unspecified atom stereocenters. The summed E-state index contributed by atoms with van der Waals surface area (Å²) in [6.45, 7) is 1.93. The molecular formula is C5H9N3O6. The number of nitrogens with zero attached hydrogens (tertiary/aromatic N) is 3. The van der Waals surface area contributed by atoms with Gasteiger partial charge in [-0.15, -0.1) is 0 Å². The Kier molecular flexibility index (Phi) is 3.43. The molecule has 9 heteroatoms. The molecule has 0 aliphatic heterocycles. The van der Waals surface area contributed by atoms with Gasteiger partial charge in [-0.1, -0.05) is 6.92 Å². The molecule has 0 aromatic carbocycles. The van der Waals surface area contributed by atoms with Crippen LogP contribution in [-0.2, 0) is 0 Å². The number of rotatable bonds is 5. The van der Waals surface area contributed by atoms with Gasteiger partial charge in [0.05, 0.1) is 6.92 Å². The second-order valence-corrected chi connectivity index (χ2v) is 2.82. The minimum Gasteiger partial charge on any atom is -0.264 e. The Hall–Kier alpha value is -1.80. The average molecular weight is 207 g/mol. The molecule has 0 fully saturated rings. The lowest BCUT2D eigenvalue weighted by Crippen LogP contribution is -2.56. The van der Waals surface area contributed by atoms with Crippen molar-refractivity contribution in [2.24, 2.45) is 0 Å². The van der Waals surface area contributed by atoms with E-state index in [4.69, 9.17) is 0 Å². The van der Waals surface area contributed by atoms with Gasteiger partial charge in [0.15, 0.2) is 0 Å². The van der Waals surface area contributed by atoms with E-state index in [1.54, 1.807) is 0 Å². The lowest BCUT2D eigenvalue weighted by molar-refractivity contribution is -0.829. The molecule has 9 nitrogen and oxygen atoms in total. The fourth-order valence-electron chi connectivity index (χ4n) is 1.05. The van der Waals surface area contributed by atoms with Crippen LogP contribution >= 0.6 is 0 Å². The third kappa shape index (κ3) is 1.75. The Balaban J connectivity index is 5.28. The maximum atomic E-state index is 10.4. The van der Waals surface area contributed by atoms with E-state index in [-0.39, 0.29) is 6.42 Å². The van der Waals surface area contributed by atoms with Gasteiger partial charge in [0.1, 0.15) is 9.85 Å². The van der Waals surface area contributed by atoms with Crippen LogP contribution in [0.5, 0.6) is 0 Å². The molecule has 0 aliphatic rings. The zero-order chi connectivity index (χ0) is 11.5. The first-order chi connectivity index (χ1) is 6.28. The predicted octanol–water partition coefficient (Wildman–Crippen LogP) is 0.311. The monoisotopic (exact) mass is 207 g/mol. The van der Waals surface area contributed by atoms with Crippen LogP contribution in [0.4, 0.5) is 0 Å². The van der Waals surface area contributed by atoms with Crippen LogP contribution in [0.15, 0.2) is 0 Å². The molecule has 0 aromatic rings. The Bertz CT molecular complexity index is 263. The van der Waals surface area contributed by atoms with Gasteiger partial charge in [-0.25, -0.2) is 0 Å². The van der Waals surface area contributed by atoms with Gasteiger partial charge in [-0.3, -0.25) is 30.3 Å².